The molecular weight excluding hydrogens is 276 g/mol. The Balaban J connectivity index is 2.31. The predicted molar refractivity (Wildman–Crippen MR) is 77.8 cm³/mol. The molecule has 0 aliphatic carbocycles. The zero-order valence-electron chi connectivity index (χ0n) is 11.7. The average molecular weight is 293 g/mol. The third kappa shape index (κ3) is 3.39. The molecule has 0 aliphatic rings. The van der Waals surface area contributed by atoms with Crippen molar-refractivity contribution >= 4 is 17.4 Å². The lowest BCUT2D eigenvalue weighted by Gasteiger charge is -2.26. The number of rotatable bonds is 4. The highest BCUT2D eigenvalue weighted by Crippen LogP contribution is 2.27. The van der Waals surface area contributed by atoms with Crippen molar-refractivity contribution in [1.29, 1.82) is 0 Å². The van der Waals surface area contributed by atoms with Crippen LogP contribution in [0.25, 0.3) is 0 Å². The van der Waals surface area contributed by atoms with Gasteiger partial charge in [-0.2, -0.15) is 0 Å². The molecule has 1 unspecified atom stereocenters. The lowest BCUT2D eigenvalue weighted by Crippen LogP contribution is -2.33. The minimum absolute atomic E-state index is 0.0197. The van der Waals surface area contributed by atoms with Crippen LogP contribution in [0, 0.1) is 5.41 Å². The highest BCUT2D eigenvalue weighted by molar-refractivity contribution is 6.30. The molecule has 2 aromatic heterocycles. The van der Waals surface area contributed by atoms with E-state index in [-0.39, 0.29) is 5.78 Å². The number of nitrogens with zero attached hydrogens (tertiary/aromatic N) is 2. The predicted octanol–water partition coefficient (Wildman–Crippen LogP) is 3.73. The van der Waals surface area contributed by atoms with E-state index in [1.807, 2.05) is 32.9 Å². The van der Waals surface area contributed by atoms with Gasteiger partial charge in [-0.25, -0.2) is 0 Å². The first-order chi connectivity index (χ1) is 9.38. The van der Waals surface area contributed by atoms with Gasteiger partial charge in [-0.15, -0.1) is 0 Å². The van der Waals surface area contributed by atoms with Crippen LogP contribution in [0.2, 0.25) is 5.02 Å². The number of hydrogen-bond donors (Lipinski definition) is 0. The quantitative estimate of drug-likeness (QED) is 0.862. The zero-order valence-corrected chi connectivity index (χ0v) is 12.5. The van der Waals surface area contributed by atoms with E-state index >= 15 is 0 Å². The van der Waals surface area contributed by atoms with Gasteiger partial charge in [0.25, 0.3) is 0 Å². The van der Waals surface area contributed by atoms with Crippen LogP contribution in [0.1, 0.15) is 27.0 Å². The van der Waals surface area contributed by atoms with Gasteiger partial charge in [0.05, 0.1) is 11.2 Å². The molecule has 2 heterocycles. The van der Waals surface area contributed by atoms with Crippen LogP contribution in [-0.4, -0.2) is 15.3 Å². The third-order valence-electron chi connectivity index (χ3n) is 2.79. The Hall–Kier alpha value is -1.81. The molecule has 0 aliphatic heterocycles. The van der Waals surface area contributed by atoms with Crippen molar-refractivity contribution in [3.63, 3.8) is 0 Å². The van der Waals surface area contributed by atoms with Crippen molar-refractivity contribution < 1.29 is 9.53 Å². The molecule has 1 atom stereocenters. The fourth-order valence-electron chi connectivity index (χ4n) is 1.71. The van der Waals surface area contributed by atoms with Crippen molar-refractivity contribution in [3.8, 4) is 5.75 Å². The Morgan fingerprint density at radius 3 is 2.50 bits per heavy atom. The van der Waals surface area contributed by atoms with Gasteiger partial charge in [-0.1, -0.05) is 32.4 Å². The van der Waals surface area contributed by atoms with E-state index in [0.29, 0.717) is 10.8 Å². The number of Topliss-reactive ketones (excluding diaryl/α,β-unsaturated/α-hetero) is 1. The van der Waals surface area contributed by atoms with E-state index < -0.39 is 11.6 Å². The van der Waals surface area contributed by atoms with Crippen LogP contribution >= 0.6 is 11.6 Å². The van der Waals surface area contributed by atoms with Crippen LogP contribution in [-0.2, 0) is 4.79 Å². The summed E-state index contributed by atoms with van der Waals surface area (Å²) in [5.74, 6) is 0.447. The molecule has 5 heteroatoms. The summed E-state index contributed by atoms with van der Waals surface area (Å²) in [6.45, 7) is 5.60. The molecule has 0 amide bonds. The van der Waals surface area contributed by atoms with Gasteiger partial charge in [0.15, 0.2) is 5.78 Å². The summed E-state index contributed by atoms with van der Waals surface area (Å²) < 4.78 is 7.53. The summed E-state index contributed by atoms with van der Waals surface area (Å²) >= 11 is 5.89. The topological polar surface area (TPSA) is 44.1 Å². The van der Waals surface area contributed by atoms with Crippen molar-refractivity contribution in [2.45, 2.75) is 27.0 Å². The number of carbonyl (C=O) groups excluding carboxylic acids is 1. The Morgan fingerprint density at radius 2 is 1.95 bits per heavy atom. The Labute approximate surface area is 123 Å². The fourth-order valence-corrected chi connectivity index (χ4v) is 1.87. The van der Waals surface area contributed by atoms with Crippen molar-refractivity contribution in [2.75, 3.05) is 0 Å². The molecule has 2 aromatic rings. The molecule has 0 N–H and O–H groups in total. The van der Waals surface area contributed by atoms with Crippen LogP contribution in [0.5, 0.6) is 5.75 Å². The number of pyridine rings is 1. The molecule has 20 heavy (non-hydrogen) atoms. The third-order valence-corrected chi connectivity index (χ3v) is 3.00. The summed E-state index contributed by atoms with van der Waals surface area (Å²) in [5.41, 5.74) is -0.513. The first kappa shape index (κ1) is 14.6. The smallest absolute Gasteiger partial charge is 0.235 e. The van der Waals surface area contributed by atoms with E-state index in [1.165, 1.54) is 6.20 Å². The summed E-state index contributed by atoms with van der Waals surface area (Å²) in [4.78, 5) is 16.5. The van der Waals surface area contributed by atoms with Gasteiger partial charge in [-0.3, -0.25) is 9.78 Å². The molecule has 0 spiro atoms. The second kappa shape index (κ2) is 5.67. The average Bonchev–Trinajstić information content (AvgIpc) is 2.87. The van der Waals surface area contributed by atoms with Gasteiger partial charge in [-0.05, 0) is 12.1 Å². The molecule has 4 nitrogen and oxygen atoms in total. The maximum atomic E-state index is 12.6. The molecule has 2 rings (SSSR count). The maximum Gasteiger partial charge on any atom is 0.235 e. The first-order valence-electron chi connectivity index (χ1n) is 6.32. The number of carbonyl (C=O) groups is 1. The Kier molecular flexibility index (Phi) is 4.14. The number of ether oxygens (including phenoxy) is 1. The van der Waals surface area contributed by atoms with E-state index in [2.05, 4.69) is 4.98 Å². The van der Waals surface area contributed by atoms with Crippen LogP contribution in [0.4, 0.5) is 0 Å². The van der Waals surface area contributed by atoms with Crippen LogP contribution in [0.15, 0.2) is 43.0 Å². The SMILES string of the molecule is CC(C)(C)C(=O)C(Oc1cncc(Cl)c1)n1cccc1. The second-order valence-electron chi connectivity index (χ2n) is 5.55. The van der Waals surface area contributed by atoms with Crippen LogP contribution < -0.4 is 4.74 Å². The monoisotopic (exact) mass is 292 g/mol. The van der Waals surface area contributed by atoms with E-state index in [4.69, 9.17) is 16.3 Å². The highest BCUT2D eigenvalue weighted by Gasteiger charge is 2.32. The first-order valence-corrected chi connectivity index (χ1v) is 6.70. The summed E-state index contributed by atoms with van der Waals surface area (Å²) in [6.07, 6.45) is 5.92. The minimum atomic E-state index is -0.731. The maximum absolute atomic E-state index is 12.6. The molecule has 0 radical (unpaired) electrons. The molecule has 0 bridgehead atoms. The lowest BCUT2D eigenvalue weighted by atomic mass is 9.89. The summed E-state index contributed by atoms with van der Waals surface area (Å²) in [7, 11) is 0. The van der Waals surface area contributed by atoms with E-state index in [1.54, 1.807) is 29.2 Å². The highest BCUT2D eigenvalue weighted by atomic mass is 35.5. The van der Waals surface area contributed by atoms with Crippen molar-refractivity contribution in [2.24, 2.45) is 5.41 Å². The number of halogens is 1. The Morgan fingerprint density at radius 1 is 1.30 bits per heavy atom. The van der Waals surface area contributed by atoms with Gasteiger partial charge in [0.1, 0.15) is 5.75 Å². The van der Waals surface area contributed by atoms with Gasteiger partial charge in [0.2, 0.25) is 6.23 Å². The molecule has 0 fully saturated rings. The van der Waals surface area contributed by atoms with Crippen molar-refractivity contribution in [3.05, 3.63) is 48.0 Å². The molecule has 0 aromatic carbocycles. The Bertz CT molecular complexity index is 588. The largest absolute Gasteiger partial charge is 0.461 e. The summed E-state index contributed by atoms with van der Waals surface area (Å²) in [6, 6.07) is 5.34. The molecule has 106 valence electrons. The van der Waals surface area contributed by atoms with Gasteiger partial charge in [0, 0.05) is 30.1 Å². The minimum Gasteiger partial charge on any atom is -0.461 e. The number of ketones is 1. The second-order valence-corrected chi connectivity index (χ2v) is 5.99. The molecule has 0 saturated carbocycles. The van der Waals surface area contributed by atoms with E-state index in [9.17, 15) is 4.79 Å². The van der Waals surface area contributed by atoms with E-state index in [0.717, 1.165) is 0 Å². The standard InChI is InChI=1S/C15H17ClN2O2/c1-15(2,3)13(19)14(18-6-4-5-7-18)20-12-8-11(16)9-17-10-12/h4-10,14H,1-3H3. The van der Waals surface area contributed by atoms with Gasteiger partial charge >= 0.3 is 0 Å². The van der Waals surface area contributed by atoms with Crippen molar-refractivity contribution in [1.82, 2.24) is 9.55 Å². The number of aromatic nitrogens is 2. The number of hydrogen-bond acceptors (Lipinski definition) is 3. The lowest BCUT2D eigenvalue weighted by molar-refractivity contribution is -0.137. The van der Waals surface area contributed by atoms with Crippen LogP contribution in [0.3, 0.4) is 0 Å². The normalized spacial score (nSPS) is 13.0. The fraction of sp³-hybridized carbons (Fsp3) is 0.333. The zero-order chi connectivity index (χ0) is 14.8. The molecular formula is C15H17ClN2O2. The summed E-state index contributed by atoms with van der Waals surface area (Å²) in [5, 5.41) is 0.469. The molecule has 0 saturated heterocycles. The van der Waals surface area contributed by atoms with Gasteiger partial charge < -0.3 is 9.30 Å².